The molecule has 0 radical (unpaired) electrons. The normalized spacial score (nSPS) is 16.1. The monoisotopic (exact) mass is 224 g/mol. The van der Waals surface area contributed by atoms with Crippen LogP contribution in [0.15, 0.2) is 48.5 Å². The summed E-state index contributed by atoms with van der Waals surface area (Å²) in [6, 6.07) is 16.9. The number of hydrogen-bond acceptors (Lipinski definition) is 1. The van der Waals surface area contributed by atoms with Crippen molar-refractivity contribution in [2.75, 3.05) is 0 Å². The van der Waals surface area contributed by atoms with Crippen LogP contribution in [0, 0.1) is 0 Å². The van der Waals surface area contributed by atoms with Gasteiger partial charge in [0.15, 0.2) is 0 Å². The third kappa shape index (κ3) is 1.67. The summed E-state index contributed by atoms with van der Waals surface area (Å²) in [5, 5.41) is 10.1. The van der Waals surface area contributed by atoms with Gasteiger partial charge >= 0.3 is 0 Å². The van der Waals surface area contributed by atoms with E-state index in [9.17, 15) is 5.11 Å². The van der Waals surface area contributed by atoms with Gasteiger partial charge in [0, 0.05) is 5.92 Å². The van der Waals surface area contributed by atoms with E-state index in [1.54, 1.807) is 0 Å². The molecule has 0 saturated carbocycles. The Kier molecular flexibility index (Phi) is 2.49. The zero-order chi connectivity index (χ0) is 11.8. The van der Waals surface area contributed by atoms with Crippen molar-refractivity contribution in [2.45, 2.75) is 25.4 Å². The van der Waals surface area contributed by atoms with Gasteiger partial charge in [0.1, 0.15) is 0 Å². The summed E-state index contributed by atoms with van der Waals surface area (Å²) in [6.07, 6.45) is 0.632. The zero-order valence-electron chi connectivity index (χ0n) is 9.93. The van der Waals surface area contributed by atoms with Crippen LogP contribution in [-0.4, -0.2) is 11.2 Å². The van der Waals surface area contributed by atoms with E-state index in [-0.39, 0.29) is 12.0 Å². The summed E-state index contributed by atoms with van der Waals surface area (Å²) in [4.78, 5) is 0. The predicted octanol–water partition coefficient (Wildman–Crippen LogP) is 3.10. The molecule has 2 aromatic carbocycles. The first kappa shape index (κ1) is 10.5. The molecule has 0 heterocycles. The van der Waals surface area contributed by atoms with E-state index in [4.69, 9.17) is 0 Å². The number of aliphatic hydroxyl groups is 1. The van der Waals surface area contributed by atoms with Gasteiger partial charge in [-0.25, -0.2) is 0 Å². The molecule has 0 unspecified atom stereocenters. The van der Waals surface area contributed by atoms with Crippen LogP contribution < -0.4 is 0 Å². The van der Waals surface area contributed by atoms with Gasteiger partial charge in [-0.1, -0.05) is 48.5 Å². The number of aliphatic hydroxyl groups excluding tert-OH is 1. The fourth-order valence-corrected chi connectivity index (χ4v) is 2.89. The highest BCUT2D eigenvalue weighted by Gasteiger charge is 2.27. The molecule has 1 nitrogen and oxygen atoms in total. The molecule has 1 atom stereocenters. The van der Waals surface area contributed by atoms with Crippen molar-refractivity contribution in [1.82, 2.24) is 0 Å². The maximum atomic E-state index is 10.1. The minimum Gasteiger partial charge on any atom is -0.392 e. The molecular weight excluding hydrogens is 208 g/mol. The highest BCUT2D eigenvalue weighted by atomic mass is 16.3. The van der Waals surface area contributed by atoms with Crippen LogP contribution in [0.25, 0.3) is 0 Å². The highest BCUT2D eigenvalue weighted by Crippen LogP contribution is 2.38. The first-order valence-corrected chi connectivity index (χ1v) is 6.11. The van der Waals surface area contributed by atoms with Crippen LogP contribution >= 0.6 is 0 Å². The molecule has 0 saturated heterocycles. The van der Waals surface area contributed by atoms with Crippen molar-refractivity contribution in [3.63, 3.8) is 0 Å². The molecule has 0 bridgehead atoms. The van der Waals surface area contributed by atoms with Gasteiger partial charge in [-0.05, 0) is 35.6 Å². The Bertz CT molecular complexity index is 497. The molecule has 2 aromatic rings. The van der Waals surface area contributed by atoms with Gasteiger partial charge in [0.05, 0.1) is 6.10 Å². The summed E-state index contributed by atoms with van der Waals surface area (Å²) >= 11 is 0. The van der Waals surface area contributed by atoms with Gasteiger partial charge < -0.3 is 5.11 Å². The summed E-state index contributed by atoms with van der Waals surface area (Å²) < 4.78 is 0. The third-order valence-electron chi connectivity index (χ3n) is 3.64. The smallest absolute Gasteiger partial charge is 0.0621 e. The number of fused-ring (bicyclic) bond motifs is 2. The average molecular weight is 224 g/mol. The molecule has 1 aliphatic carbocycles. The van der Waals surface area contributed by atoms with Gasteiger partial charge in [-0.15, -0.1) is 0 Å². The second kappa shape index (κ2) is 4.01. The SMILES string of the molecule is C[C@H](O)C1c2ccccc2Cc2ccccc21. The molecule has 3 rings (SSSR count). The van der Waals surface area contributed by atoms with Crippen molar-refractivity contribution in [3.8, 4) is 0 Å². The van der Waals surface area contributed by atoms with Crippen LogP contribution in [0.4, 0.5) is 0 Å². The Hall–Kier alpha value is -1.60. The Morgan fingerprint density at radius 2 is 1.41 bits per heavy atom. The maximum absolute atomic E-state index is 10.1. The van der Waals surface area contributed by atoms with Crippen LogP contribution in [0.3, 0.4) is 0 Å². The molecule has 0 amide bonds. The second-order valence-electron chi connectivity index (χ2n) is 4.79. The lowest BCUT2D eigenvalue weighted by Gasteiger charge is -2.30. The van der Waals surface area contributed by atoms with Crippen LogP contribution in [-0.2, 0) is 6.42 Å². The lowest BCUT2D eigenvalue weighted by atomic mass is 9.76. The molecule has 17 heavy (non-hydrogen) atoms. The summed E-state index contributed by atoms with van der Waals surface area (Å²) in [7, 11) is 0. The first-order valence-electron chi connectivity index (χ1n) is 6.11. The Morgan fingerprint density at radius 3 is 1.88 bits per heavy atom. The van der Waals surface area contributed by atoms with Crippen LogP contribution in [0.5, 0.6) is 0 Å². The largest absolute Gasteiger partial charge is 0.392 e. The predicted molar refractivity (Wildman–Crippen MR) is 69.2 cm³/mol. The lowest BCUT2D eigenvalue weighted by Crippen LogP contribution is -2.22. The zero-order valence-corrected chi connectivity index (χ0v) is 9.93. The quantitative estimate of drug-likeness (QED) is 0.789. The fraction of sp³-hybridized carbons (Fsp3) is 0.250. The van der Waals surface area contributed by atoms with Crippen LogP contribution in [0.1, 0.15) is 35.1 Å². The summed E-state index contributed by atoms with van der Waals surface area (Å²) in [6.45, 7) is 1.88. The standard InChI is InChI=1S/C16H16O/c1-11(17)16-14-8-4-2-6-12(14)10-13-7-3-5-9-15(13)16/h2-9,11,16-17H,10H2,1H3/t11-/m0/s1. The van der Waals surface area contributed by atoms with Crippen molar-refractivity contribution < 1.29 is 5.11 Å². The van der Waals surface area contributed by atoms with E-state index in [2.05, 4.69) is 48.5 Å². The Balaban J connectivity index is 2.21. The van der Waals surface area contributed by atoms with Gasteiger partial charge in [0.25, 0.3) is 0 Å². The molecule has 0 fully saturated rings. The van der Waals surface area contributed by atoms with Gasteiger partial charge in [0.2, 0.25) is 0 Å². The van der Waals surface area contributed by atoms with Crippen molar-refractivity contribution >= 4 is 0 Å². The molecular formula is C16H16O. The molecule has 1 N–H and O–H groups in total. The molecule has 0 aromatic heterocycles. The van der Waals surface area contributed by atoms with E-state index < -0.39 is 0 Å². The molecule has 1 aliphatic rings. The fourth-order valence-electron chi connectivity index (χ4n) is 2.89. The first-order chi connectivity index (χ1) is 8.27. The topological polar surface area (TPSA) is 20.2 Å². The van der Waals surface area contributed by atoms with Gasteiger partial charge in [-0.3, -0.25) is 0 Å². The van der Waals surface area contributed by atoms with E-state index in [0.29, 0.717) is 0 Å². The maximum Gasteiger partial charge on any atom is 0.0621 e. The summed E-state index contributed by atoms with van der Waals surface area (Å²) in [5.74, 6) is 0.121. The van der Waals surface area contributed by atoms with Crippen LogP contribution in [0.2, 0.25) is 0 Å². The van der Waals surface area contributed by atoms with E-state index in [1.165, 1.54) is 22.3 Å². The lowest BCUT2D eigenvalue weighted by molar-refractivity contribution is 0.175. The number of rotatable bonds is 1. The molecule has 1 heteroatoms. The van der Waals surface area contributed by atoms with E-state index in [0.717, 1.165) is 6.42 Å². The van der Waals surface area contributed by atoms with Gasteiger partial charge in [-0.2, -0.15) is 0 Å². The van der Waals surface area contributed by atoms with Crippen molar-refractivity contribution in [1.29, 1.82) is 0 Å². The van der Waals surface area contributed by atoms with E-state index >= 15 is 0 Å². The van der Waals surface area contributed by atoms with Crippen molar-refractivity contribution in [2.24, 2.45) is 0 Å². The molecule has 0 aliphatic heterocycles. The second-order valence-corrected chi connectivity index (χ2v) is 4.79. The minimum atomic E-state index is -0.349. The number of benzene rings is 2. The number of hydrogen-bond donors (Lipinski definition) is 1. The average Bonchev–Trinajstić information content (AvgIpc) is 2.35. The highest BCUT2D eigenvalue weighted by molar-refractivity contribution is 5.49. The molecule has 0 spiro atoms. The Morgan fingerprint density at radius 1 is 0.941 bits per heavy atom. The third-order valence-corrected chi connectivity index (χ3v) is 3.64. The Labute approximate surface area is 102 Å². The minimum absolute atomic E-state index is 0.121. The van der Waals surface area contributed by atoms with Crippen molar-refractivity contribution in [3.05, 3.63) is 70.8 Å². The van der Waals surface area contributed by atoms with E-state index in [1.807, 2.05) is 6.92 Å². The summed E-state index contributed by atoms with van der Waals surface area (Å²) in [5.41, 5.74) is 5.25. The molecule has 86 valence electrons.